The van der Waals surface area contributed by atoms with Gasteiger partial charge in [0.25, 0.3) is 5.69 Å². The number of nitrogens with zero attached hydrogens (tertiary/aromatic N) is 1. The summed E-state index contributed by atoms with van der Waals surface area (Å²) in [6.07, 6.45) is 0.327. The molecule has 2 aromatic rings. The first kappa shape index (κ1) is 15.9. The zero-order chi connectivity index (χ0) is 16.3. The standard InChI is InChI=1S/C14H12FNO5S/c1-2-10-7-8-11(16(17)18)9-14(10)22(19,20)21-13-6-4-3-5-12(13)15/h3-9H,2H2,1H3. The van der Waals surface area contributed by atoms with Crippen LogP contribution in [0.3, 0.4) is 0 Å². The topological polar surface area (TPSA) is 86.5 Å². The van der Waals surface area contributed by atoms with E-state index in [1.807, 2.05) is 0 Å². The molecule has 0 radical (unpaired) electrons. The van der Waals surface area contributed by atoms with Crippen molar-refractivity contribution >= 4 is 15.8 Å². The Hall–Kier alpha value is -2.48. The van der Waals surface area contributed by atoms with Crippen molar-refractivity contribution in [2.24, 2.45) is 0 Å². The third-order valence-electron chi connectivity index (χ3n) is 2.95. The maximum absolute atomic E-state index is 13.5. The number of benzene rings is 2. The monoisotopic (exact) mass is 325 g/mol. The van der Waals surface area contributed by atoms with Gasteiger partial charge in [-0.25, -0.2) is 4.39 Å². The van der Waals surface area contributed by atoms with Crippen molar-refractivity contribution in [2.45, 2.75) is 18.2 Å². The molecule has 0 saturated heterocycles. The highest BCUT2D eigenvalue weighted by molar-refractivity contribution is 7.87. The molecule has 0 aliphatic carbocycles. The minimum absolute atomic E-state index is 0.327. The van der Waals surface area contributed by atoms with Crippen LogP contribution in [0.2, 0.25) is 0 Å². The van der Waals surface area contributed by atoms with E-state index in [1.54, 1.807) is 6.92 Å². The van der Waals surface area contributed by atoms with E-state index in [2.05, 4.69) is 0 Å². The third kappa shape index (κ3) is 3.22. The summed E-state index contributed by atoms with van der Waals surface area (Å²) in [6, 6.07) is 8.49. The van der Waals surface area contributed by atoms with Crippen LogP contribution in [0.1, 0.15) is 12.5 Å². The summed E-state index contributed by atoms with van der Waals surface area (Å²) in [7, 11) is -4.38. The van der Waals surface area contributed by atoms with Gasteiger partial charge in [0.2, 0.25) is 0 Å². The second-order valence-electron chi connectivity index (χ2n) is 4.37. The maximum Gasteiger partial charge on any atom is 0.339 e. The van der Waals surface area contributed by atoms with E-state index < -0.39 is 26.6 Å². The Morgan fingerprint density at radius 1 is 1.23 bits per heavy atom. The second kappa shape index (κ2) is 6.10. The highest BCUT2D eigenvalue weighted by Gasteiger charge is 2.24. The molecule has 0 N–H and O–H groups in total. The molecule has 0 amide bonds. The lowest BCUT2D eigenvalue weighted by molar-refractivity contribution is -0.385. The molecular formula is C14H12FNO5S. The van der Waals surface area contributed by atoms with E-state index in [1.165, 1.54) is 24.3 Å². The molecular weight excluding hydrogens is 313 g/mol. The van der Waals surface area contributed by atoms with Crippen LogP contribution in [-0.4, -0.2) is 13.3 Å². The summed E-state index contributed by atoms with van der Waals surface area (Å²) in [5.74, 6) is -1.30. The Bertz CT molecular complexity index is 820. The number of non-ortho nitro benzene ring substituents is 1. The number of para-hydroxylation sites is 1. The van der Waals surface area contributed by atoms with E-state index in [0.29, 0.717) is 12.0 Å². The number of rotatable bonds is 5. The summed E-state index contributed by atoms with van der Waals surface area (Å²) in [5.41, 5.74) is -0.0325. The van der Waals surface area contributed by atoms with E-state index >= 15 is 0 Å². The van der Waals surface area contributed by atoms with Crippen LogP contribution < -0.4 is 4.18 Å². The van der Waals surface area contributed by atoms with Crippen molar-refractivity contribution in [1.82, 2.24) is 0 Å². The van der Waals surface area contributed by atoms with Gasteiger partial charge >= 0.3 is 10.1 Å². The van der Waals surface area contributed by atoms with Crippen molar-refractivity contribution in [3.63, 3.8) is 0 Å². The van der Waals surface area contributed by atoms with Crippen LogP contribution in [0.4, 0.5) is 10.1 Å². The van der Waals surface area contributed by atoms with Gasteiger partial charge in [0.15, 0.2) is 11.6 Å². The van der Waals surface area contributed by atoms with Gasteiger partial charge < -0.3 is 4.18 Å². The average molecular weight is 325 g/mol. The SMILES string of the molecule is CCc1ccc([N+](=O)[O-])cc1S(=O)(=O)Oc1ccccc1F. The lowest BCUT2D eigenvalue weighted by atomic mass is 10.1. The van der Waals surface area contributed by atoms with Crippen LogP contribution >= 0.6 is 0 Å². The van der Waals surface area contributed by atoms with Gasteiger partial charge in [0.05, 0.1) is 4.92 Å². The predicted octanol–water partition coefficient (Wildman–Crippen LogP) is 3.06. The number of halogens is 1. The Morgan fingerprint density at radius 3 is 2.50 bits per heavy atom. The first-order valence-electron chi connectivity index (χ1n) is 6.31. The Kier molecular flexibility index (Phi) is 4.41. The fourth-order valence-corrected chi connectivity index (χ4v) is 3.12. The lowest BCUT2D eigenvalue weighted by Crippen LogP contribution is -2.13. The molecule has 0 spiro atoms. The summed E-state index contributed by atoms with van der Waals surface area (Å²) >= 11 is 0. The summed E-state index contributed by atoms with van der Waals surface area (Å²) in [4.78, 5) is 9.75. The number of hydrogen-bond donors (Lipinski definition) is 0. The van der Waals surface area contributed by atoms with Crippen molar-refractivity contribution in [3.05, 3.63) is 64.0 Å². The minimum atomic E-state index is -4.38. The molecule has 0 aliphatic heterocycles. The predicted molar refractivity (Wildman–Crippen MR) is 76.7 cm³/mol. The number of aryl methyl sites for hydroxylation is 1. The van der Waals surface area contributed by atoms with Crippen molar-refractivity contribution in [3.8, 4) is 5.75 Å². The number of nitro groups is 1. The van der Waals surface area contributed by atoms with Gasteiger partial charge in [0.1, 0.15) is 4.90 Å². The minimum Gasteiger partial charge on any atom is -0.376 e. The largest absolute Gasteiger partial charge is 0.376 e. The maximum atomic E-state index is 13.5. The zero-order valence-corrected chi connectivity index (χ0v) is 12.3. The first-order valence-corrected chi connectivity index (χ1v) is 7.72. The molecule has 0 unspecified atom stereocenters. The third-order valence-corrected chi connectivity index (χ3v) is 4.27. The molecule has 8 heteroatoms. The molecule has 0 saturated carbocycles. The van der Waals surface area contributed by atoms with Crippen molar-refractivity contribution in [1.29, 1.82) is 0 Å². The fraction of sp³-hybridized carbons (Fsp3) is 0.143. The van der Waals surface area contributed by atoms with Crippen LogP contribution in [0.5, 0.6) is 5.75 Å². The summed E-state index contributed by atoms with van der Waals surface area (Å²) in [5, 5.41) is 10.8. The Balaban J connectivity index is 2.51. The summed E-state index contributed by atoms with van der Waals surface area (Å²) < 4.78 is 42.9. The lowest BCUT2D eigenvalue weighted by Gasteiger charge is -2.10. The number of hydrogen-bond acceptors (Lipinski definition) is 5. The Morgan fingerprint density at radius 2 is 1.91 bits per heavy atom. The second-order valence-corrected chi connectivity index (χ2v) is 5.89. The smallest absolute Gasteiger partial charge is 0.339 e. The Labute approximate surface area is 126 Å². The molecule has 0 heterocycles. The highest BCUT2D eigenvalue weighted by atomic mass is 32.2. The first-order chi connectivity index (χ1) is 10.3. The molecule has 0 fully saturated rings. The van der Waals surface area contributed by atoms with Crippen molar-refractivity contribution < 1.29 is 21.9 Å². The van der Waals surface area contributed by atoms with Gasteiger partial charge in [-0.15, -0.1) is 0 Å². The van der Waals surface area contributed by atoms with E-state index in [4.69, 9.17) is 4.18 Å². The average Bonchev–Trinajstić information content (AvgIpc) is 2.48. The van der Waals surface area contributed by atoms with Gasteiger partial charge in [-0.2, -0.15) is 8.42 Å². The summed E-state index contributed by atoms with van der Waals surface area (Å²) in [6.45, 7) is 1.70. The zero-order valence-electron chi connectivity index (χ0n) is 11.5. The highest BCUT2D eigenvalue weighted by Crippen LogP contribution is 2.27. The molecule has 0 aliphatic rings. The molecule has 0 atom stereocenters. The van der Waals surface area contributed by atoms with Crippen LogP contribution in [0, 0.1) is 15.9 Å². The molecule has 2 rings (SSSR count). The quantitative estimate of drug-likeness (QED) is 0.479. The molecule has 116 valence electrons. The van der Waals surface area contributed by atoms with E-state index in [-0.39, 0.29) is 10.6 Å². The number of nitro benzene ring substituents is 1. The van der Waals surface area contributed by atoms with Crippen LogP contribution in [-0.2, 0) is 16.5 Å². The van der Waals surface area contributed by atoms with Crippen molar-refractivity contribution in [2.75, 3.05) is 0 Å². The van der Waals surface area contributed by atoms with Gasteiger partial charge in [-0.1, -0.05) is 25.1 Å². The van der Waals surface area contributed by atoms with Gasteiger partial charge in [-0.3, -0.25) is 10.1 Å². The molecule has 0 aromatic heterocycles. The molecule has 22 heavy (non-hydrogen) atoms. The van der Waals surface area contributed by atoms with Crippen LogP contribution in [0.15, 0.2) is 47.4 Å². The normalized spacial score (nSPS) is 11.2. The fourth-order valence-electron chi connectivity index (χ4n) is 1.86. The van der Waals surface area contributed by atoms with Crippen LogP contribution in [0.25, 0.3) is 0 Å². The van der Waals surface area contributed by atoms with E-state index in [9.17, 15) is 22.9 Å². The molecule has 2 aromatic carbocycles. The van der Waals surface area contributed by atoms with Gasteiger partial charge in [0, 0.05) is 12.1 Å². The molecule has 0 bridgehead atoms. The van der Waals surface area contributed by atoms with E-state index in [0.717, 1.165) is 18.2 Å². The van der Waals surface area contributed by atoms with Gasteiger partial charge in [-0.05, 0) is 24.1 Å². The molecule has 6 nitrogen and oxygen atoms in total.